The summed E-state index contributed by atoms with van der Waals surface area (Å²) in [7, 11) is 1.85. The molecule has 0 saturated carbocycles. The van der Waals surface area contributed by atoms with Gasteiger partial charge in [-0.1, -0.05) is 26.0 Å². The molecule has 0 radical (unpaired) electrons. The number of hydrogen-bond acceptors (Lipinski definition) is 2. The van der Waals surface area contributed by atoms with Crippen LogP contribution in [0.3, 0.4) is 0 Å². The number of guanidine groups is 1. The van der Waals surface area contributed by atoms with Crippen molar-refractivity contribution >= 4 is 29.9 Å². The molecule has 0 aromatic carbocycles. The highest BCUT2D eigenvalue weighted by molar-refractivity contribution is 14.0. The summed E-state index contributed by atoms with van der Waals surface area (Å²) >= 11 is 0. The zero-order chi connectivity index (χ0) is 15.1. The second-order valence-electron chi connectivity index (χ2n) is 6.84. The van der Waals surface area contributed by atoms with Gasteiger partial charge in [0.2, 0.25) is 0 Å². The number of piperidine rings is 1. The third-order valence-corrected chi connectivity index (χ3v) is 4.46. The van der Waals surface area contributed by atoms with Crippen LogP contribution in [0.15, 0.2) is 17.1 Å². The number of rotatable bonds is 5. The molecular formula is C17H33IN4. The molecule has 5 heteroatoms. The quantitative estimate of drug-likeness (QED) is 0.236. The molecule has 2 rings (SSSR count). The highest BCUT2D eigenvalue weighted by Gasteiger charge is 2.21. The van der Waals surface area contributed by atoms with E-state index in [-0.39, 0.29) is 24.0 Å². The van der Waals surface area contributed by atoms with Gasteiger partial charge < -0.3 is 15.5 Å². The van der Waals surface area contributed by atoms with E-state index in [1.165, 1.54) is 32.5 Å². The number of halogens is 1. The highest BCUT2D eigenvalue weighted by Crippen LogP contribution is 2.20. The number of hydrogen-bond donors (Lipinski definition) is 2. The largest absolute Gasteiger partial charge is 0.356 e. The van der Waals surface area contributed by atoms with Crippen LogP contribution in [0.5, 0.6) is 0 Å². The molecule has 1 aliphatic heterocycles. The number of likely N-dealkylation sites (tertiary alicyclic amines) is 1. The number of nitrogens with zero attached hydrogens (tertiary/aromatic N) is 2. The Morgan fingerprint density at radius 2 is 1.82 bits per heavy atom. The Labute approximate surface area is 153 Å². The summed E-state index contributed by atoms with van der Waals surface area (Å²) in [4.78, 5) is 6.94. The van der Waals surface area contributed by atoms with Gasteiger partial charge in [-0.2, -0.15) is 0 Å². The summed E-state index contributed by atoms with van der Waals surface area (Å²) in [6, 6.07) is 0.528. The van der Waals surface area contributed by atoms with E-state index in [1.807, 2.05) is 7.05 Å². The van der Waals surface area contributed by atoms with E-state index in [9.17, 15) is 0 Å². The average Bonchev–Trinajstić information content (AvgIpc) is 2.94. The average molecular weight is 420 g/mol. The molecule has 0 spiro atoms. The minimum Gasteiger partial charge on any atom is -0.356 e. The monoisotopic (exact) mass is 420 g/mol. The second kappa shape index (κ2) is 10.5. The van der Waals surface area contributed by atoms with Gasteiger partial charge in [-0.15, -0.1) is 24.0 Å². The molecular weight excluding hydrogens is 387 g/mol. The predicted molar refractivity (Wildman–Crippen MR) is 106 cm³/mol. The third kappa shape index (κ3) is 6.86. The van der Waals surface area contributed by atoms with Crippen LogP contribution in [0.2, 0.25) is 0 Å². The van der Waals surface area contributed by atoms with Crippen molar-refractivity contribution < 1.29 is 0 Å². The molecule has 2 unspecified atom stereocenters. The molecule has 2 atom stereocenters. The fourth-order valence-corrected chi connectivity index (χ4v) is 3.61. The topological polar surface area (TPSA) is 39.7 Å². The summed E-state index contributed by atoms with van der Waals surface area (Å²) in [5, 5.41) is 6.92. The predicted octanol–water partition coefficient (Wildman–Crippen LogP) is 2.86. The second-order valence-corrected chi connectivity index (χ2v) is 6.84. The van der Waals surface area contributed by atoms with E-state index in [0.29, 0.717) is 6.04 Å². The van der Waals surface area contributed by atoms with Gasteiger partial charge in [-0.3, -0.25) is 4.99 Å². The van der Waals surface area contributed by atoms with E-state index in [2.05, 4.69) is 46.5 Å². The van der Waals surface area contributed by atoms with Crippen molar-refractivity contribution in [1.29, 1.82) is 0 Å². The van der Waals surface area contributed by atoms with Crippen molar-refractivity contribution in [2.24, 2.45) is 16.8 Å². The van der Waals surface area contributed by atoms with Crippen molar-refractivity contribution in [3.05, 3.63) is 12.2 Å². The first-order valence-corrected chi connectivity index (χ1v) is 8.52. The summed E-state index contributed by atoms with van der Waals surface area (Å²) in [6.07, 6.45) is 9.28. The summed E-state index contributed by atoms with van der Waals surface area (Å²) < 4.78 is 0. The van der Waals surface area contributed by atoms with E-state index in [4.69, 9.17) is 0 Å². The SMILES string of the molecule is CN=C(NCCCN1CC(C)CC(C)C1)NC1CC=CC1.I. The van der Waals surface area contributed by atoms with Gasteiger partial charge in [0, 0.05) is 32.7 Å². The van der Waals surface area contributed by atoms with Gasteiger partial charge in [-0.05, 0) is 44.1 Å². The molecule has 22 heavy (non-hydrogen) atoms. The third-order valence-electron chi connectivity index (χ3n) is 4.46. The standard InChI is InChI=1S/C17H32N4.HI/c1-14-11-15(2)13-21(12-14)10-6-9-19-17(18-3)20-16-7-4-5-8-16;/h4-5,14-16H,6-13H2,1-3H3,(H2,18,19,20);1H. The maximum Gasteiger partial charge on any atom is 0.191 e. The molecule has 2 N–H and O–H groups in total. The normalized spacial score (nSPS) is 26.8. The Balaban J connectivity index is 0.00000242. The Kier molecular flexibility index (Phi) is 9.40. The number of aliphatic imine (C=N–C) groups is 1. The van der Waals surface area contributed by atoms with Gasteiger partial charge in [0.15, 0.2) is 5.96 Å². The molecule has 1 heterocycles. The van der Waals surface area contributed by atoms with Gasteiger partial charge in [-0.25, -0.2) is 0 Å². The van der Waals surface area contributed by atoms with Crippen molar-refractivity contribution in [3.8, 4) is 0 Å². The lowest BCUT2D eigenvalue weighted by molar-refractivity contribution is 0.140. The molecule has 4 nitrogen and oxygen atoms in total. The van der Waals surface area contributed by atoms with Gasteiger partial charge in [0.25, 0.3) is 0 Å². The van der Waals surface area contributed by atoms with Crippen molar-refractivity contribution in [3.63, 3.8) is 0 Å². The maximum atomic E-state index is 4.31. The summed E-state index contributed by atoms with van der Waals surface area (Å²) in [5.41, 5.74) is 0. The minimum atomic E-state index is 0. The Morgan fingerprint density at radius 1 is 1.18 bits per heavy atom. The molecule has 1 fully saturated rings. The molecule has 0 aromatic heterocycles. The van der Waals surface area contributed by atoms with E-state index in [0.717, 1.165) is 37.2 Å². The lowest BCUT2D eigenvalue weighted by Gasteiger charge is -2.35. The van der Waals surface area contributed by atoms with Gasteiger partial charge >= 0.3 is 0 Å². The summed E-state index contributed by atoms with van der Waals surface area (Å²) in [5.74, 6) is 2.65. The fourth-order valence-electron chi connectivity index (χ4n) is 3.61. The summed E-state index contributed by atoms with van der Waals surface area (Å²) in [6.45, 7) is 9.49. The number of nitrogens with one attached hydrogen (secondary N) is 2. The lowest BCUT2D eigenvalue weighted by Crippen LogP contribution is -2.44. The lowest BCUT2D eigenvalue weighted by atomic mass is 9.92. The first kappa shape index (κ1) is 19.7. The van der Waals surface area contributed by atoms with Crippen LogP contribution >= 0.6 is 24.0 Å². The minimum absolute atomic E-state index is 0. The smallest absolute Gasteiger partial charge is 0.191 e. The van der Waals surface area contributed by atoms with Crippen LogP contribution in [-0.4, -0.2) is 50.1 Å². The van der Waals surface area contributed by atoms with Crippen LogP contribution < -0.4 is 10.6 Å². The molecule has 2 aliphatic rings. The zero-order valence-corrected chi connectivity index (χ0v) is 16.7. The molecule has 0 amide bonds. The van der Waals surface area contributed by atoms with Crippen LogP contribution in [-0.2, 0) is 0 Å². The maximum absolute atomic E-state index is 4.31. The Bertz CT molecular complexity index is 352. The van der Waals surface area contributed by atoms with Gasteiger partial charge in [0.1, 0.15) is 0 Å². The van der Waals surface area contributed by atoms with E-state index in [1.54, 1.807) is 0 Å². The molecule has 0 aromatic rings. The Morgan fingerprint density at radius 3 is 2.41 bits per heavy atom. The van der Waals surface area contributed by atoms with Crippen LogP contribution in [0.1, 0.15) is 39.5 Å². The van der Waals surface area contributed by atoms with Crippen LogP contribution in [0, 0.1) is 11.8 Å². The molecule has 1 aliphatic carbocycles. The van der Waals surface area contributed by atoms with E-state index < -0.39 is 0 Å². The molecule has 1 saturated heterocycles. The van der Waals surface area contributed by atoms with Crippen molar-refractivity contribution in [1.82, 2.24) is 15.5 Å². The van der Waals surface area contributed by atoms with Crippen molar-refractivity contribution in [2.75, 3.05) is 33.2 Å². The van der Waals surface area contributed by atoms with Crippen molar-refractivity contribution in [2.45, 2.75) is 45.6 Å². The fraction of sp³-hybridized carbons (Fsp3) is 0.824. The van der Waals surface area contributed by atoms with E-state index >= 15 is 0 Å². The Hall–Kier alpha value is -0.300. The van der Waals surface area contributed by atoms with Gasteiger partial charge in [0.05, 0.1) is 0 Å². The van der Waals surface area contributed by atoms with Crippen LogP contribution in [0.4, 0.5) is 0 Å². The first-order chi connectivity index (χ1) is 10.2. The van der Waals surface area contributed by atoms with Crippen LogP contribution in [0.25, 0.3) is 0 Å². The first-order valence-electron chi connectivity index (χ1n) is 8.52. The highest BCUT2D eigenvalue weighted by atomic mass is 127. The molecule has 0 bridgehead atoms. The molecule has 128 valence electrons. The zero-order valence-electron chi connectivity index (χ0n) is 14.3.